The Morgan fingerprint density at radius 2 is 2.00 bits per heavy atom. The lowest BCUT2D eigenvalue weighted by Crippen LogP contribution is -2.27. The topological polar surface area (TPSA) is 66.4 Å². The number of carboxylic acid groups (broad SMARTS) is 1. The third-order valence-corrected chi connectivity index (χ3v) is 6.63. The summed E-state index contributed by atoms with van der Waals surface area (Å²) in [7, 11) is 0. The molecular weight excluding hydrogens is 414 g/mol. The van der Waals surface area contributed by atoms with Crippen LogP contribution in [0.2, 0.25) is 0 Å². The number of anilines is 1. The number of carbonyl (C=O) groups is 2. The van der Waals surface area contributed by atoms with E-state index in [2.05, 4.69) is 42.0 Å². The molecule has 0 fully saturated rings. The summed E-state index contributed by atoms with van der Waals surface area (Å²) in [6.45, 7) is 6.81. The molecule has 1 aromatic heterocycles. The highest BCUT2D eigenvalue weighted by Gasteiger charge is 2.31. The number of thiophene rings is 1. The Bertz CT molecular complexity index is 866. The molecule has 1 aliphatic rings. The van der Waals surface area contributed by atoms with Gasteiger partial charge in [-0.25, -0.2) is 4.79 Å². The van der Waals surface area contributed by atoms with Gasteiger partial charge in [-0.2, -0.15) is 0 Å². The fraction of sp³-hybridized carbons (Fsp3) is 0.400. The predicted molar refractivity (Wildman–Crippen MR) is 108 cm³/mol. The summed E-state index contributed by atoms with van der Waals surface area (Å²) in [5.41, 5.74) is 2.45. The number of hydrogen-bond acceptors (Lipinski definition) is 3. The number of amides is 1. The molecule has 0 bridgehead atoms. The van der Waals surface area contributed by atoms with Crippen molar-refractivity contribution < 1.29 is 14.7 Å². The van der Waals surface area contributed by atoms with Crippen LogP contribution in [-0.2, 0) is 12.8 Å². The molecule has 2 aromatic rings. The average molecular weight is 436 g/mol. The monoisotopic (exact) mass is 435 g/mol. The minimum Gasteiger partial charge on any atom is -0.478 e. The summed E-state index contributed by atoms with van der Waals surface area (Å²) < 4.78 is 0.661. The molecule has 4 nitrogen and oxygen atoms in total. The van der Waals surface area contributed by atoms with Crippen molar-refractivity contribution in [3.05, 3.63) is 49.6 Å². The van der Waals surface area contributed by atoms with Crippen molar-refractivity contribution in [2.75, 3.05) is 5.32 Å². The van der Waals surface area contributed by atoms with Crippen LogP contribution in [0.25, 0.3) is 0 Å². The summed E-state index contributed by atoms with van der Waals surface area (Å²) in [6.07, 6.45) is 2.98. The van der Waals surface area contributed by atoms with Crippen molar-refractivity contribution in [1.82, 2.24) is 0 Å². The Morgan fingerprint density at radius 3 is 2.65 bits per heavy atom. The molecule has 2 N–H and O–H groups in total. The van der Waals surface area contributed by atoms with Crippen molar-refractivity contribution in [2.24, 2.45) is 11.3 Å². The highest BCUT2D eigenvalue weighted by Crippen LogP contribution is 2.40. The molecular formula is C20H22BrNO3S. The lowest BCUT2D eigenvalue weighted by Gasteiger charge is -2.34. The second-order valence-corrected chi connectivity index (χ2v) is 9.69. The number of nitrogens with one attached hydrogen (secondary N) is 1. The van der Waals surface area contributed by atoms with Gasteiger partial charge in [0.25, 0.3) is 5.91 Å². The van der Waals surface area contributed by atoms with E-state index in [0.717, 1.165) is 24.8 Å². The van der Waals surface area contributed by atoms with Crippen molar-refractivity contribution in [1.29, 1.82) is 0 Å². The third-order valence-electron chi connectivity index (χ3n) is 5.08. The number of carbonyl (C=O) groups excluding carboxylic acids is 1. The first-order chi connectivity index (χ1) is 12.2. The summed E-state index contributed by atoms with van der Waals surface area (Å²) in [5, 5.41) is 14.0. The van der Waals surface area contributed by atoms with Gasteiger partial charge in [0, 0.05) is 14.7 Å². The molecule has 1 unspecified atom stereocenters. The average Bonchev–Trinajstić information content (AvgIpc) is 2.98. The van der Waals surface area contributed by atoms with E-state index < -0.39 is 5.97 Å². The summed E-state index contributed by atoms with van der Waals surface area (Å²) >= 11 is 4.91. The minimum absolute atomic E-state index is 0.0737. The van der Waals surface area contributed by atoms with Crippen molar-refractivity contribution in [2.45, 2.75) is 40.0 Å². The van der Waals surface area contributed by atoms with E-state index in [9.17, 15) is 14.7 Å². The molecule has 6 heteroatoms. The Balaban J connectivity index is 1.83. The maximum absolute atomic E-state index is 12.8. The highest BCUT2D eigenvalue weighted by molar-refractivity contribution is 9.10. The Hall–Kier alpha value is -1.66. The Morgan fingerprint density at radius 1 is 1.27 bits per heavy atom. The number of benzene rings is 1. The maximum atomic E-state index is 12.8. The molecule has 1 atom stereocenters. The first kappa shape index (κ1) is 19.1. The number of hydrogen-bond donors (Lipinski definition) is 2. The van der Waals surface area contributed by atoms with Crippen LogP contribution in [0.4, 0.5) is 5.69 Å². The molecule has 0 saturated carbocycles. The summed E-state index contributed by atoms with van der Waals surface area (Å²) in [6, 6.07) is 4.83. The number of rotatable bonds is 3. The fourth-order valence-corrected chi connectivity index (χ4v) is 4.96. The SMILES string of the molecule is CC(C)(C)C1CCc2c(C(=O)Nc3ccc(Br)cc3C(=O)O)csc2C1. The van der Waals surface area contributed by atoms with E-state index in [1.54, 1.807) is 23.5 Å². The van der Waals surface area contributed by atoms with Gasteiger partial charge in [-0.3, -0.25) is 4.79 Å². The van der Waals surface area contributed by atoms with Gasteiger partial charge in [0.15, 0.2) is 0 Å². The first-order valence-corrected chi connectivity index (χ1v) is 10.3. The van der Waals surface area contributed by atoms with E-state index >= 15 is 0 Å². The Kier molecular flexibility index (Phi) is 5.26. The zero-order valence-electron chi connectivity index (χ0n) is 15.1. The molecule has 138 valence electrons. The summed E-state index contributed by atoms with van der Waals surface area (Å²) in [5.74, 6) is -0.682. The first-order valence-electron chi connectivity index (χ1n) is 8.60. The van der Waals surface area contributed by atoms with Crippen LogP contribution in [-0.4, -0.2) is 17.0 Å². The van der Waals surface area contributed by atoms with Crippen LogP contribution in [0.15, 0.2) is 28.1 Å². The van der Waals surface area contributed by atoms with Crippen molar-refractivity contribution in [3.63, 3.8) is 0 Å². The number of carboxylic acids is 1. The Labute approximate surface area is 165 Å². The molecule has 0 saturated heterocycles. The van der Waals surface area contributed by atoms with Crippen LogP contribution in [0.3, 0.4) is 0 Å². The van der Waals surface area contributed by atoms with E-state index in [-0.39, 0.29) is 16.9 Å². The minimum atomic E-state index is -1.07. The predicted octanol–water partition coefficient (Wildman–Crippen LogP) is 5.61. The lowest BCUT2D eigenvalue weighted by atomic mass is 9.72. The van der Waals surface area contributed by atoms with Gasteiger partial charge in [-0.05, 0) is 54.4 Å². The van der Waals surface area contributed by atoms with Gasteiger partial charge in [0.05, 0.1) is 16.8 Å². The van der Waals surface area contributed by atoms with Crippen LogP contribution in [0.1, 0.15) is 58.3 Å². The van der Waals surface area contributed by atoms with E-state index in [4.69, 9.17) is 0 Å². The summed E-state index contributed by atoms with van der Waals surface area (Å²) in [4.78, 5) is 25.5. The van der Waals surface area contributed by atoms with Gasteiger partial charge in [0.2, 0.25) is 0 Å². The third kappa shape index (κ3) is 3.86. The van der Waals surface area contributed by atoms with Crippen molar-refractivity contribution in [3.8, 4) is 0 Å². The number of fused-ring (bicyclic) bond motifs is 1. The van der Waals surface area contributed by atoms with Gasteiger partial charge in [0.1, 0.15) is 0 Å². The zero-order valence-corrected chi connectivity index (χ0v) is 17.5. The normalized spacial score (nSPS) is 16.8. The molecule has 1 amide bonds. The lowest BCUT2D eigenvalue weighted by molar-refractivity contribution is 0.0698. The van der Waals surface area contributed by atoms with E-state index in [1.165, 1.54) is 10.9 Å². The maximum Gasteiger partial charge on any atom is 0.337 e. The number of aromatic carboxylic acids is 1. The number of halogens is 1. The molecule has 1 aromatic carbocycles. The van der Waals surface area contributed by atoms with Crippen molar-refractivity contribution >= 4 is 44.8 Å². The van der Waals surface area contributed by atoms with Gasteiger partial charge < -0.3 is 10.4 Å². The molecule has 0 aliphatic heterocycles. The van der Waals surface area contributed by atoms with Crippen LogP contribution in [0.5, 0.6) is 0 Å². The molecule has 1 heterocycles. The van der Waals surface area contributed by atoms with Gasteiger partial charge in [-0.15, -0.1) is 11.3 Å². The van der Waals surface area contributed by atoms with Gasteiger partial charge >= 0.3 is 5.97 Å². The molecule has 0 spiro atoms. The van der Waals surface area contributed by atoms with E-state index in [0.29, 0.717) is 21.6 Å². The second kappa shape index (κ2) is 7.16. The fourth-order valence-electron chi connectivity index (χ4n) is 3.43. The van der Waals surface area contributed by atoms with Crippen LogP contribution < -0.4 is 5.32 Å². The molecule has 3 rings (SSSR count). The zero-order chi connectivity index (χ0) is 19.1. The second-order valence-electron chi connectivity index (χ2n) is 7.81. The van der Waals surface area contributed by atoms with Crippen LogP contribution >= 0.6 is 27.3 Å². The highest BCUT2D eigenvalue weighted by atomic mass is 79.9. The molecule has 1 aliphatic carbocycles. The quantitative estimate of drug-likeness (QED) is 0.657. The smallest absolute Gasteiger partial charge is 0.337 e. The molecule has 0 radical (unpaired) electrons. The standard InChI is InChI=1S/C20H22BrNO3S/c1-20(2,3)11-4-6-13-15(10-26-17(13)8-11)18(23)22-16-7-5-12(21)9-14(16)19(24)25/h5,7,9-11H,4,6,8H2,1-3H3,(H,22,23)(H,24,25). The van der Waals surface area contributed by atoms with Gasteiger partial charge in [-0.1, -0.05) is 36.7 Å². The molecule has 26 heavy (non-hydrogen) atoms. The van der Waals surface area contributed by atoms with Crippen LogP contribution in [0, 0.1) is 11.3 Å². The largest absolute Gasteiger partial charge is 0.478 e. The van der Waals surface area contributed by atoms with E-state index in [1.807, 2.05) is 5.38 Å².